The highest BCUT2D eigenvalue weighted by Gasteiger charge is 2.30. The highest BCUT2D eigenvalue weighted by atomic mass is 32.2. The minimum absolute atomic E-state index is 0.0782. The highest BCUT2D eigenvalue weighted by molar-refractivity contribution is 7.89. The number of ketones is 1. The van der Waals surface area contributed by atoms with Crippen molar-refractivity contribution in [3.8, 4) is 5.75 Å². The molecular formula is C14H19NO4S. The number of hydrogen-bond acceptors (Lipinski definition) is 4. The molecule has 0 amide bonds. The topological polar surface area (TPSA) is 63.7 Å². The molecule has 0 radical (unpaired) electrons. The van der Waals surface area contributed by atoms with Gasteiger partial charge in [-0.1, -0.05) is 6.92 Å². The van der Waals surface area contributed by atoms with Crippen LogP contribution in [0.15, 0.2) is 23.1 Å². The Kier molecular flexibility index (Phi) is 4.45. The zero-order valence-electron chi connectivity index (χ0n) is 11.8. The lowest BCUT2D eigenvalue weighted by Crippen LogP contribution is -2.28. The van der Waals surface area contributed by atoms with Crippen LogP contribution in [0.1, 0.15) is 36.5 Å². The second kappa shape index (κ2) is 5.93. The Bertz CT molecular complexity index is 604. The Morgan fingerprint density at radius 1 is 1.30 bits per heavy atom. The lowest BCUT2D eigenvalue weighted by atomic mass is 10.1. The summed E-state index contributed by atoms with van der Waals surface area (Å²) in [7, 11) is -2.16. The van der Waals surface area contributed by atoms with E-state index in [1.54, 1.807) is 19.1 Å². The molecule has 2 rings (SSSR count). The summed E-state index contributed by atoms with van der Waals surface area (Å²) in [4.78, 5) is 11.8. The molecule has 0 atom stereocenters. The smallest absolute Gasteiger partial charge is 0.246 e. The lowest BCUT2D eigenvalue weighted by Gasteiger charge is -2.18. The average Bonchev–Trinajstić information content (AvgIpc) is 3.00. The number of methoxy groups -OCH3 is 1. The molecule has 1 aromatic rings. The van der Waals surface area contributed by atoms with Crippen LogP contribution < -0.4 is 4.74 Å². The first-order valence-electron chi connectivity index (χ1n) is 6.72. The van der Waals surface area contributed by atoms with Gasteiger partial charge in [-0.15, -0.1) is 0 Å². The van der Waals surface area contributed by atoms with Gasteiger partial charge in [-0.2, -0.15) is 4.31 Å². The van der Waals surface area contributed by atoms with Crippen molar-refractivity contribution in [1.82, 2.24) is 4.31 Å². The van der Waals surface area contributed by atoms with Crippen molar-refractivity contribution in [2.45, 2.75) is 31.1 Å². The SMILES string of the molecule is CCC(=O)c1ccc(OC)c(S(=O)(=O)N2CCCC2)c1. The average molecular weight is 297 g/mol. The van der Waals surface area contributed by atoms with Gasteiger partial charge in [0.25, 0.3) is 0 Å². The number of rotatable bonds is 5. The highest BCUT2D eigenvalue weighted by Crippen LogP contribution is 2.30. The van der Waals surface area contributed by atoms with E-state index in [1.807, 2.05) is 0 Å². The van der Waals surface area contributed by atoms with E-state index in [0.717, 1.165) is 12.8 Å². The second-order valence-electron chi connectivity index (χ2n) is 4.75. The van der Waals surface area contributed by atoms with Crippen LogP contribution in [-0.2, 0) is 10.0 Å². The van der Waals surface area contributed by atoms with Crippen molar-refractivity contribution in [2.75, 3.05) is 20.2 Å². The fourth-order valence-corrected chi connectivity index (χ4v) is 4.02. The van der Waals surface area contributed by atoms with Gasteiger partial charge in [-0.05, 0) is 31.0 Å². The van der Waals surface area contributed by atoms with Gasteiger partial charge in [0.1, 0.15) is 10.6 Å². The quantitative estimate of drug-likeness (QED) is 0.781. The summed E-state index contributed by atoms with van der Waals surface area (Å²) in [6.07, 6.45) is 2.08. The second-order valence-corrected chi connectivity index (χ2v) is 6.66. The van der Waals surface area contributed by atoms with Gasteiger partial charge >= 0.3 is 0 Å². The summed E-state index contributed by atoms with van der Waals surface area (Å²) in [5, 5.41) is 0. The number of Topliss-reactive ketones (excluding diaryl/α,β-unsaturated/α-hetero) is 1. The predicted molar refractivity (Wildman–Crippen MR) is 75.6 cm³/mol. The van der Waals surface area contributed by atoms with E-state index < -0.39 is 10.0 Å². The van der Waals surface area contributed by atoms with Gasteiger partial charge in [0.05, 0.1) is 7.11 Å². The Hall–Kier alpha value is -1.40. The number of carbonyl (C=O) groups is 1. The van der Waals surface area contributed by atoms with Gasteiger partial charge in [0, 0.05) is 25.1 Å². The molecule has 5 nitrogen and oxygen atoms in total. The molecule has 0 spiro atoms. The fourth-order valence-electron chi connectivity index (χ4n) is 2.32. The predicted octanol–water partition coefficient (Wildman–Crippen LogP) is 2.07. The van der Waals surface area contributed by atoms with Crippen molar-refractivity contribution in [3.05, 3.63) is 23.8 Å². The van der Waals surface area contributed by atoms with Gasteiger partial charge in [0.2, 0.25) is 10.0 Å². The number of benzene rings is 1. The van der Waals surface area contributed by atoms with E-state index in [9.17, 15) is 13.2 Å². The standard InChI is InChI=1S/C14H19NO4S/c1-3-12(16)11-6-7-13(19-2)14(10-11)20(17,18)15-8-4-5-9-15/h6-7,10H,3-5,8-9H2,1-2H3. The summed E-state index contributed by atoms with van der Waals surface area (Å²) in [6.45, 7) is 2.80. The summed E-state index contributed by atoms with van der Waals surface area (Å²) in [5.74, 6) is 0.204. The van der Waals surface area contributed by atoms with Gasteiger partial charge in [-0.25, -0.2) is 8.42 Å². The number of nitrogens with zero attached hydrogens (tertiary/aromatic N) is 1. The molecular weight excluding hydrogens is 278 g/mol. The third-order valence-electron chi connectivity index (χ3n) is 3.49. The summed E-state index contributed by atoms with van der Waals surface area (Å²) in [6, 6.07) is 4.58. The minimum atomic E-state index is -3.59. The summed E-state index contributed by atoms with van der Waals surface area (Å²) >= 11 is 0. The van der Waals surface area contributed by atoms with Crippen molar-refractivity contribution in [3.63, 3.8) is 0 Å². The minimum Gasteiger partial charge on any atom is -0.495 e. The molecule has 1 aliphatic rings. The Morgan fingerprint density at radius 3 is 2.50 bits per heavy atom. The molecule has 1 aliphatic heterocycles. The third-order valence-corrected chi connectivity index (χ3v) is 5.41. The fraction of sp³-hybridized carbons (Fsp3) is 0.500. The molecule has 0 saturated carbocycles. The maximum absolute atomic E-state index is 12.6. The van der Waals surface area contributed by atoms with Crippen LogP contribution in [0.3, 0.4) is 0 Å². The van der Waals surface area contributed by atoms with Crippen LogP contribution in [0.5, 0.6) is 5.75 Å². The molecule has 1 fully saturated rings. The Labute approximate surface area is 119 Å². The van der Waals surface area contributed by atoms with Crippen molar-refractivity contribution >= 4 is 15.8 Å². The van der Waals surface area contributed by atoms with E-state index in [0.29, 0.717) is 25.1 Å². The van der Waals surface area contributed by atoms with Crippen molar-refractivity contribution < 1.29 is 17.9 Å². The van der Waals surface area contributed by atoms with Crippen LogP contribution in [0.2, 0.25) is 0 Å². The molecule has 20 heavy (non-hydrogen) atoms. The van der Waals surface area contributed by atoms with Crippen LogP contribution in [0, 0.1) is 0 Å². The van der Waals surface area contributed by atoms with Crippen LogP contribution in [0.25, 0.3) is 0 Å². The van der Waals surface area contributed by atoms with E-state index in [1.165, 1.54) is 17.5 Å². The van der Waals surface area contributed by atoms with Gasteiger partial charge in [0.15, 0.2) is 5.78 Å². The number of sulfonamides is 1. The first-order chi connectivity index (χ1) is 9.50. The number of ether oxygens (including phenoxy) is 1. The van der Waals surface area contributed by atoms with Crippen molar-refractivity contribution in [1.29, 1.82) is 0 Å². The first kappa shape index (κ1) is 15.0. The normalized spacial score (nSPS) is 16.3. The molecule has 0 aliphatic carbocycles. The molecule has 0 bridgehead atoms. The zero-order chi connectivity index (χ0) is 14.8. The number of hydrogen-bond donors (Lipinski definition) is 0. The molecule has 1 heterocycles. The number of carbonyl (C=O) groups excluding carboxylic acids is 1. The first-order valence-corrected chi connectivity index (χ1v) is 8.16. The van der Waals surface area contributed by atoms with Gasteiger partial charge in [-0.3, -0.25) is 4.79 Å². The van der Waals surface area contributed by atoms with E-state index in [4.69, 9.17) is 4.74 Å². The Balaban J connectivity index is 2.50. The molecule has 0 aromatic heterocycles. The molecule has 1 aromatic carbocycles. The maximum Gasteiger partial charge on any atom is 0.246 e. The van der Waals surface area contributed by atoms with Crippen molar-refractivity contribution in [2.24, 2.45) is 0 Å². The van der Waals surface area contributed by atoms with E-state index in [2.05, 4.69) is 0 Å². The molecule has 110 valence electrons. The monoisotopic (exact) mass is 297 g/mol. The van der Waals surface area contributed by atoms with E-state index in [-0.39, 0.29) is 16.4 Å². The lowest BCUT2D eigenvalue weighted by molar-refractivity contribution is 0.0988. The van der Waals surface area contributed by atoms with Crippen LogP contribution >= 0.6 is 0 Å². The summed E-state index contributed by atoms with van der Waals surface area (Å²) in [5.41, 5.74) is 0.408. The Morgan fingerprint density at radius 2 is 1.95 bits per heavy atom. The zero-order valence-corrected chi connectivity index (χ0v) is 12.6. The van der Waals surface area contributed by atoms with Crippen LogP contribution in [0.4, 0.5) is 0 Å². The van der Waals surface area contributed by atoms with Crippen LogP contribution in [-0.4, -0.2) is 38.7 Å². The third kappa shape index (κ3) is 2.71. The largest absolute Gasteiger partial charge is 0.495 e. The summed E-state index contributed by atoms with van der Waals surface area (Å²) < 4.78 is 31.8. The van der Waals surface area contributed by atoms with E-state index >= 15 is 0 Å². The van der Waals surface area contributed by atoms with Gasteiger partial charge < -0.3 is 4.74 Å². The molecule has 0 unspecified atom stereocenters. The molecule has 1 saturated heterocycles. The molecule has 6 heteroatoms. The maximum atomic E-state index is 12.6. The molecule has 0 N–H and O–H groups in total.